The summed E-state index contributed by atoms with van der Waals surface area (Å²) in [6.45, 7) is 8.11. The molecule has 0 unspecified atom stereocenters. The minimum Gasteiger partial charge on any atom is -0.360 e. The van der Waals surface area contributed by atoms with E-state index in [-0.39, 0.29) is 12.1 Å². The Kier molecular flexibility index (Phi) is 5.13. The summed E-state index contributed by atoms with van der Waals surface area (Å²) in [6.07, 6.45) is 1.59. The van der Waals surface area contributed by atoms with E-state index in [0.29, 0.717) is 16.8 Å². The number of fused-ring (bicyclic) bond motifs is 3. The largest absolute Gasteiger partial charge is 0.360 e. The molecule has 2 aliphatic heterocycles. The van der Waals surface area contributed by atoms with Crippen LogP contribution in [-0.2, 0) is 4.79 Å². The number of benzene rings is 2. The third kappa shape index (κ3) is 3.40. The van der Waals surface area contributed by atoms with Crippen molar-refractivity contribution in [1.29, 1.82) is 0 Å². The second-order valence-electron chi connectivity index (χ2n) is 7.23. The van der Waals surface area contributed by atoms with Crippen LogP contribution >= 0.6 is 11.8 Å². The van der Waals surface area contributed by atoms with E-state index >= 15 is 0 Å². The summed E-state index contributed by atoms with van der Waals surface area (Å²) >= 11 is 1.47. The zero-order valence-corrected chi connectivity index (χ0v) is 16.9. The molecule has 5 nitrogen and oxygen atoms in total. The smallest absolute Gasteiger partial charge is 0.255 e. The Balaban J connectivity index is 1.76. The molecule has 2 aromatic rings. The van der Waals surface area contributed by atoms with Crippen LogP contribution in [0.5, 0.6) is 0 Å². The highest BCUT2D eigenvalue weighted by Crippen LogP contribution is 2.42. The molecule has 0 bridgehead atoms. The van der Waals surface area contributed by atoms with Crippen molar-refractivity contribution < 1.29 is 4.79 Å². The zero-order chi connectivity index (χ0) is 19.7. The summed E-state index contributed by atoms with van der Waals surface area (Å²) < 4.78 is 0. The van der Waals surface area contributed by atoms with Gasteiger partial charge in [-0.05, 0) is 23.1 Å². The van der Waals surface area contributed by atoms with Crippen LogP contribution in [0.2, 0.25) is 0 Å². The van der Waals surface area contributed by atoms with Crippen LogP contribution in [0.3, 0.4) is 0 Å². The van der Waals surface area contributed by atoms with E-state index in [0.717, 1.165) is 16.8 Å². The fourth-order valence-electron chi connectivity index (χ4n) is 3.55. The van der Waals surface area contributed by atoms with Gasteiger partial charge in [0.25, 0.3) is 5.91 Å². The van der Waals surface area contributed by atoms with E-state index < -0.39 is 6.04 Å². The van der Waals surface area contributed by atoms with Gasteiger partial charge in [-0.25, -0.2) is 0 Å². The van der Waals surface area contributed by atoms with Crippen molar-refractivity contribution in [2.24, 2.45) is 5.10 Å². The molecule has 4 rings (SSSR count). The molecule has 0 aliphatic carbocycles. The molecule has 0 spiro atoms. The monoisotopic (exact) mass is 392 g/mol. The van der Waals surface area contributed by atoms with Gasteiger partial charge in [-0.1, -0.05) is 74.1 Å². The first-order valence-electron chi connectivity index (χ1n) is 9.45. The summed E-state index contributed by atoms with van der Waals surface area (Å²) in [5.74, 6) is 1.11. The highest BCUT2D eigenvalue weighted by Gasteiger charge is 2.41. The number of para-hydroxylation sites is 1. The summed E-state index contributed by atoms with van der Waals surface area (Å²) in [5, 5.41) is 13.8. The SMILES string of the molecule is C=CCSC1=NN2[C@H](C(=O)N1)c1ccccc1N[C@H]2c1ccc(C(C)C)cc1. The molecule has 2 N–H and O–H groups in total. The lowest BCUT2D eigenvalue weighted by atomic mass is 9.96. The molecule has 28 heavy (non-hydrogen) atoms. The molecule has 2 atom stereocenters. The van der Waals surface area contributed by atoms with Crippen LogP contribution in [0.4, 0.5) is 5.69 Å². The van der Waals surface area contributed by atoms with Gasteiger partial charge in [-0.3, -0.25) is 9.80 Å². The first-order chi connectivity index (χ1) is 13.6. The second kappa shape index (κ2) is 7.72. The van der Waals surface area contributed by atoms with E-state index in [1.165, 1.54) is 17.3 Å². The van der Waals surface area contributed by atoms with Crippen molar-refractivity contribution in [1.82, 2.24) is 10.3 Å². The Bertz CT molecular complexity index is 922. The number of carbonyl (C=O) groups excluding carboxylic acids is 1. The molecule has 1 amide bonds. The van der Waals surface area contributed by atoms with Crippen molar-refractivity contribution in [2.45, 2.75) is 32.0 Å². The zero-order valence-electron chi connectivity index (χ0n) is 16.1. The number of nitrogens with zero attached hydrogens (tertiary/aromatic N) is 2. The summed E-state index contributed by atoms with van der Waals surface area (Å²) in [6, 6.07) is 16.0. The molecular formula is C22H24N4OS. The van der Waals surface area contributed by atoms with E-state index in [2.05, 4.69) is 55.3 Å². The van der Waals surface area contributed by atoms with Crippen LogP contribution < -0.4 is 10.6 Å². The van der Waals surface area contributed by atoms with E-state index in [1.807, 2.05) is 29.3 Å². The quantitative estimate of drug-likeness (QED) is 0.747. The molecular weight excluding hydrogens is 368 g/mol. The predicted molar refractivity (Wildman–Crippen MR) is 116 cm³/mol. The Morgan fingerprint density at radius 1 is 1.21 bits per heavy atom. The van der Waals surface area contributed by atoms with Gasteiger partial charge in [0.1, 0.15) is 6.17 Å². The van der Waals surface area contributed by atoms with Crippen LogP contribution in [-0.4, -0.2) is 21.8 Å². The Morgan fingerprint density at radius 3 is 2.68 bits per heavy atom. The van der Waals surface area contributed by atoms with Crippen molar-refractivity contribution in [3.63, 3.8) is 0 Å². The molecule has 2 aliphatic rings. The first kappa shape index (κ1) is 18.6. The number of hydrogen-bond acceptors (Lipinski definition) is 5. The molecule has 144 valence electrons. The fraction of sp³-hybridized carbons (Fsp3) is 0.273. The van der Waals surface area contributed by atoms with E-state index in [4.69, 9.17) is 5.10 Å². The number of carbonyl (C=O) groups is 1. The molecule has 2 heterocycles. The molecule has 0 radical (unpaired) electrons. The third-order valence-electron chi connectivity index (χ3n) is 5.02. The van der Waals surface area contributed by atoms with Crippen molar-refractivity contribution in [3.05, 3.63) is 77.9 Å². The van der Waals surface area contributed by atoms with Gasteiger partial charge in [0.2, 0.25) is 0 Å². The molecule has 2 aromatic carbocycles. The molecule has 0 fully saturated rings. The number of hydrazone groups is 1. The molecule has 0 aromatic heterocycles. The van der Waals surface area contributed by atoms with Crippen LogP contribution in [0, 0.1) is 0 Å². The number of amidine groups is 1. The van der Waals surface area contributed by atoms with E-state index in [1.54, 1.807) is 6.08 Å². The summed E-state index contributed by atoms with van der Waals surface area (Å²) in [4.78, 5) is 13.0. The molecule has 0 saturated carbocycles. The van der Waals surface area contributed by atoms with Crippen molar-refractivity contribution >= 4 is 28.5 Å². The number of rotatable bonds is 4. The lowest BCUT2D eigenvalue weighted by Crippen LogP contribution is -2.50. The maximum Gasteiger partial charge on any atom is 0.255 e. The maximum absolute atomic E-state index is 13.0. The molecule has 6 heteroatoms. The maximum atomic E-state index is 13.0. The number of thioether (sulfide) groups is 1. The average molecular weight is 393 g/mol. The summed E-state index contributed by atoms with van der Waals surface area (Å²) in [7, 11) is 0. The lowest BCUT2D eigenvalue weighted by Gasteiger charge is -2.43. The highest BCUT2D eigenvalue weighted by molar-refractivity contribution is 8.14. The number of anilines is 1. The van der Waals surface area contributed by atoms with Crippen LogP contribution in [0.1, 0.15) is 48.7 Å². The fourth-order valence-corrected chi connectivity index (χ4v) is 4.15. The van der Waals surface area contributed by atoms with Crippen molar-refractivity contribution in [3.8, 4) is 0 Å². The van der Waals surface area contributed by atoms with Crippen molar-refractivity contribution in [2.75, 3.05) is 11.1 Å². The average Bonchev–Trinajstić information content (AvgIpc) is 2.71. The standard InChI is InChI=1S/C22H24N4OS/c1-4-13-28-22-24-21(27)19-17-7-5-6-8-18(17)23-20(26(19)25-22)16-11-9-15(10-12-16)14(2)3/h4-12,14,19-20,23H,1,13H2,2-3H3,(H,24,25,27)/t19-,20+/m0/s1. The topological polar surface area (TPSA) is 56.7 Å². The van der Waals surface area contributed by atoms with Gasteiger partial charge in [0, 0.05) is 17.0 Å². The second-order valence-corrected chi connectivity index (χ2v) is 8.24. The highest BCUT2D eigenvalue weighted by atomic mass is 32.2. The third-order valence-corrected chi connectivity index (χ3v) is 5.88. The Morgan fingerprint density at radius 2 is 1.96 bits per heavy atom. The minimum absolute atomic E-state index is 0.0562. The minimum atomic E-state index is -0.458. The number of amides is 1. The predicted octanol–water partition coefficient (Wildman–Crippen LogP) is 4.60. The van der Waals surface area contributed by atoms with Gasteiger partial charge in [0.05, 0.1) is 0 Å². The molecule has 0 saturated heterocycles. The number of nitrogens with one attached hydrogen (secondary N) is 2. The van der Waals surface area contributed by atoms with Crippen LogP contribution in [0.15, 0.2) is 66.3 Å². The van der Waals surface area contributed by atoms with Crippen LogP contribution in [0.25, 0.3) is 0 Å². The van der Waals surface area contributed by atoms with Gasteiger partial charge < -0.3 is 10.6 Å². The van der Waals surface area contributed by atoms with Gasteiger partial charge in [0.15, 0.2) is 11.2 Å². The van der Waals surface area contributed by atoms with Gasteiger partial charge >= 0.3 is 0 Å². The van der Waals surface area contributed by atoms with E-state index in [9.17, 15) is 4.79 Å². The normalized spacial score (nSPS) is 20.6. The number of hydrogen-bond donors (Lipinski definition) is 2. The Labute approximate surface area is 169 Å². The first-order valence-corrected chi connectivity index (χ1v) is 10.4. The van der Waals surface area contributed by atoms with Gasteiger partial charge in [-0.15, -0.1) is 11.7 Å². The summed E-state index contributed by atoms with van der Waals surface area (Å²) in [5.41, 5.74) is 4.27. The van der Waals surface area contributed by atoms with Gasteiger partial charge in [-0.2, -0.15) is 0 Å². The Hall–Kier alpha value is -2.73. The lowest BCUT2D eigenvalue weighted by molar-refractivity contribution is -0.127.